The first-order chi connectivity index (χ1) is 9.67. The Morgan fingerprint density at radius 3 is 2.90 bits per heavy atom. The van der Waals surface area contributed by atoms with Gasteiger partial charge in [-0.15, -0.1) is 0 Å². The highest BCUT2D eigenvalue weighted by Crippen LogP contribution is 2.20. The number of hydrogen-bond donors (Lipinski definition) is 0. The summed E-state index contributed by atoms with van der Waals surface area (Å²) in [6.07, 6.45) is 1.86. The van der Waals surface area contributed by atoms with E-state index in [1.165, 1.54) is 5.56 Å². The van der Waals surface area contributed by atoms with E-state index >= 15 is 0 Å². The van der Waals surface area contributed by atoms with Crippen molar-refractivity contribution < 1.29 is 9.53 Å². The van der Waals surface area contributed by atoms with Crippen molar-refractivity contribution in [3.8, 4) is 5.88 Å². The van der Waals surface area contributed by atoms with Crippen molar-refractivity contribution >= 4 is 6.03 Å². The molecule has 2 aliphatic rings. The van der Waals surface area contributed by atoms with Gasteiger partial charge in [0.25, 0.3) is 0 Å². The molecule has 0 spiro atoms. The number of urea groups is 1. The molecule has 1 unspecified atom stereocenters. The molecule has 20 heavy (non-hydrogen) atoms. The van der Waals surface area contributed by atoms with Gasteiger partial charge in [-0.2, -0.15) is 0 Å². The molecule has 0 bridgehead atoms. The molecule has 1 aromatic rings. The molecule has 2 aliphatic heterocycles. The van der Waals surface area contributed by atoms with Gasteiger partial charge in [-0.1, -0.05) is 6.07 Å². The van der Waals surface area contributed by atoms with Crippen LogP contribution in [0.25, 0.3) is 0 Å². The summed E-state index contributed by atoms with van der Waals surface area (Å²) in [6.45, 7) is 4.37. The second kappa shape index (κ2) is 5.28. The van der Waals surface area contributed by atoms with Crippen LogP contribution >= 0.6 is 0 Å². The van der Waals surface area contributed by atoms with Gasteiger partial charge in [-0.3, -0.25) is 4.90 Å². The van der Waals surface area contributed by atoms with Crippen LogP contribution in [0.5, 0.6) is 5.88 Å². The minimum Gasteiger partial charge on any atom is -0.481 e. The molecule has 3 heterocycles. The predicted octanol–water partition coefficient (Wildman–Crippen LogP) is 0.642. The average Bonchev–Trinajstić information content (AvgIpc) is 2.74. The Hall–Kier alpha value is -1.82. The van der Waals surface area contributed by atoms with E-state index in [0.29, 0.717) is 11.9 Å². The van der Waals surface area contributed by atoms with Gasteiger partial charge in [0.2, 0.25) is 5.88 Å². The Labute approximate surface area is 118 Å². The monoisotopic (exact) mass is 276 g/mol. The van der Waals surface area contributed by atoms with E-state index < -0.39 is 0 Å². The number of likely N-dealkylation sites (N-methyl/N-ethyl adjacent to an activating group) is 1. The molecule has 0 aromatic carbocycles. The molecule has 2 fully saturated rings. The summed E-state index contributed by atoms with van der Waals surface area (Å²) in [5.74, 6) is 0.640. The van der Waals surface area contributed by atoms with Gasteiger partial charge >= 0.3 is 6.03 Å². The van der Waals surface area contributed by atoms with Gasteiger partial charge in [-0.25, -0.2) is 9.78 Å². The van der Waals surface area contributed by atoms with Gasteiger partial charge in [0.1, 0.15) is 0 Å². The minimum atomic E-state index is 0.167. The van der Waals surface area contributed by atoms with Crippen molar-refractivity contribution in [3.63, 3.8) is 0 Å². The van der Waals surface area contributed by atoms with Crippen molar-refractivity contribution in [2.24, 2.45) is 0 Å². The molecule has 1 atom stereocenters. The van der Waals surface area contributed by atoms with Gasteiger partial charge in [-0.05, 0) is 5.56 Å². The topological polar surface area (TPSA) is 48.9 Å². The van der Waals surface area contributed by atoms with Crippen LogP contribution in [0.1, 0.15) is 5.56 Å². The van der Waals surface area contributed by atoms with Crippen LogP contribution in [0.2, 0.25) is 0 Å². The SMILES string of the molecule is COc1ccc(CN2CCN3C(=O)N(C)CC3C2)cn1. The first-order valence-corrected chi connectivity index (χ1v) is 6.90. The lowest BCUT2D eigenvalue weighted by Gasteiger charge is -2.36. The standard InChI is InChI=1S/C14H20N4O2/c1-16-9-12-10-17(5-6-18(12)14(16)19)8-11-3-4-13(20-2)15-7-11/h3-4,7,12H,5-6,8-10H2,1-2H3. The first-order valence-electron chi connectivity index (χ1n) is 6.90. The summed E-state index contributed by atoms with van der Waals surface area (Å²) in [5.41, 5.74) is 1.18. The van der Waals surface area contributed by atoms with Crippen LogP contribution in [0, 0.1) is 0 Å². The number of carbonyl (C=O) groups is 1. The van der Waals surface area contributed by atoms with E-state index in [4.69, 9.17) is 4.74 Å². The summed E-state index contributed by atoms with van der Waals surface area (Å²) in [6, 6.07) is 4.43. The van der Waals surface area contributed by atoms with Crippen LogP contribution in [0.15, 0.2) is 18.3 Å². The molecular weight excluding hydrogens is 256 g/mol. The molecule has 0 N–H and O–H groups in total. The highest BCUT2D eigenvalue weighted by molar-refractivity contribution is 5.77. The Morgan fingerprint density at radius 2 is 2.20 bits per heavy atom. The minimum absolute atomic E-state index is 0.167. The number of fused-ring (bicyclic) bond motifs is 1. The first kappa shape index (κ1) is 13.2. The van der Waals surface area contributed by atoms with Crippen molar-refractivity contribution in [2.75, 3.05) is 40.3 Å². The molecule has 1 aromatic heterocycles. The number of pyridine rings is 1. The maximum Gasteiger partial charge on any atom is 0.320 e. The number of ether oxygens (including phenoxy) is 1. The van der Waals surface area contributed by atoms with Gasteiger partial charge in [0, 0.05) is 52.0 Å². The van der Waals surface area contributed by atoms with Gasteiger partial charge in [0.15, 0.2) is 0 Å². The van der Waals surface area contributed by atoms with E-state index in [2.05, 4.69) is 9.88 Å². The normalized spacial score (nSPS) is 23.1. The smallest absolute Gasteiger partial charge is 0.320 e. The number of methoxy groups -OCH3 is 1. The van der Waals surface area contributed by atoms with Gasteiger partial charge in [0.05, 0.1) is 13.2 Å². The molecule has 0 radical (unpaired) electrons. The average molecular weight is 276 g/mol. The lowest BCUT2D eigenvalue weighted by atomic mass is 10.1. The van der Waals surface area contributed by atoms with E-state index in [9.17, 15) is 4.79 Å². The van der Waals surface area contributed by atoms with Crippen LogP contribution in [-0.4, -0.2) is 72.1 Å². The number of carbonyl (C=O) groups excluding carboxylic acids is 1. The summed E-state index contributed by atoms with van der Waals surface area (Å²) in [4.78, 5) is 22.3. The van der Waals surface area contributed by atoms with Crippen molar-refractivity contribution in [1.82, 2.24) is 19.7 Å². The number of nitrogens with zero attached hydrogens (tertiary/aromatic N) is 4. The lowest BCUT2D eigenvalue weighted by Crippen LogP contribution is -2.51. The Bertz CT molecular complexity index is 490. The Kier molecular flexibility index (Phi) is 3.48. The second-order valence-corrected chi connectivity index (χ2v) is 5.45. The van der Waals surface area contributed by atoms with Crippen molar-refractivity contribution in [3.05, 3.63) is 23.9 Å². The van der Waals surface area contributed by atoms with E-state index in [1.54, 1.807) is 7.11 Å². The zero-order chi connectivity index (χ0) is 14.1. The fourth-order valence-electron chi connectivity index (χ4n) is 2.97. The summed E-state index contributed by atoms with van der Waals surface area (Å²) in [7, 11) is 3.49. The Balaban J connectivity index is 1.61. The van der Waals surface area contributed by atoms with Crippen LogP contribution < -0.4 is 4.74 Å². The van der Waals surface area contributed by atoms with Crippen LogP contribution in [0.4, 0.5) is 4.79 Å². The quantitative estimate of drug-likeness (QED) is 0.813. The number of amides is 2. The van der Waals surface area contributed by atoms with Crippen molar-refractivity contribution in [2.45, 2.75) is 12.6 Å². The number of rotatable bonds is 3. The number of hydrogen-bond acceptors (Lipinski definition) is 4. The molecule has 2 amide bonds. The highest BCUT2D eigenvalue weighted by atomic mass is 16.5. The van der Waals surface area contributed by atoms with Gasteiger partial charge < -0.3 is 14.5 Å². The molecule has 0 aliphatic carbocycles. The third kappa shape index (κ3) is 2.43. The number of piperazine rings is 1. The molecule has 2 saturated heterocycles. The van der Waals surface area contributed by atoms with Crippen LogP contribution in [-0.2, 0) is 6.54 Å². The van der Waals surface area contributed by atoms with E-state index in [0.717, 1.165) is 32.7 Å². The fourth-order valence-corrected chi connectivity index (χ4v) is 2.97. The molecule has 6 heteroatoms. The second-order valence-electron chi connectivity index (χ2n) is 5.45. The number of aromatic nitrogens is 1. The molecule has 0 saturated carbocycles. The van der Waals surface area contributed by atoms with Crippen molar-refractivity contribution in [1.29, 1.82) is 0 Å². The predicted molar refractivity (Wildman–Crippen MR) is 74.6 cm³/mol. The Morgan fingerprint density at radius 1 is 1.35 bits per heavy atom. The summed E-state index contributed by atoms with van der Waals surface area (Å²) >= 11 is 0. The fraction of sp³-hybridized carbons (Fsp3) is 0.571. The third-order valence-electron chi connectivity index (χ3n) is 4.04. The largest absolute Gasteiger partial charge is 0.481 e. The van der Waals surface area contributed by atoms with Crippen LogP contribution in [0.3, 0.4) is 0 Å². The molecule has 3 rings (SSSR count). The maximum absolute atomic E-state index is 11.9. The van der Waals surface area contributed by atoms with E-state index in [1.807, 2.05) is 35.2 Å². The zero-order valence-electron chi connectivity index (χ0n) is 12.0. The summed E-state index contributed by atoms with van der Waals surface area (Å²) in [5, 5.41) is 0. The van der Waals surface area contributed by atoms with E-state index in [-0.39, 0.29) is 6.03 Å². The molecule has 6 nitrogen and oxygen atoms in total. The molecular formula is C14H20N4O2. The molecule has 108 valence electrons. The third-order valence-corrected chi connectivity index (χ3v) is 4.04. The zero-order valence-corrected chi connectivity index (χ0v) is 12.0. The highest BCUT2D eigenvalue weighted by Gasteiger charge is 2.38. The summed E-state index contributed by atoms with van der Waals surface area (Å²) < 4.78 is 5.07. The lowest BCUT2D eigenvalue weighted by molar-refractivity contribution is 0.116. The maximum atomic E-state index is 11.9.